The van der Waals surface area contributed by atoms with Gasteiger partial charge in [0.25, 0.3) is 5.92 Å². The summed E-state index contributed by atoms with van der Waals surface area (Å²) in [7, 11) is 0. The maximum absolute atomic E-state index is 13.0. The second kappa shape index (κ2) is 6.31. The van der Waals surface area contributed by atoms with Gasteiger partial charge in [0.1, 0.15) is 0 Å². The van der Waals surface area contributed by atoms with Gasteiger partial charge in [-0.15, -0.1) is 0 Å². The largest absolute Gasteiger partial charge is 0.353 e. The van der Waals surface area contributed by atoms with Gasteiger partial charge in [0.05, 0.1) is 0 Å². The first kappa shape index (κ1) is 16.9. The normalized spacial score (nSPS) is 32.0. The number of rotatable bonds is 4. The fraction of sp³-hybridized carbons (Fsp3) is 0.684. The Balaban J connectivity index is 1.37. The van der Waals surface area contributed by atoms with Crippen molar-refractivity contribution in [3.05, 3.63) is 30.1 Å². The molecular formula is C19H25F2N3O. The predicted molar refractivity (Wildman–Crippen MR) is 90.0 cm³/mol. The SMILES string of the molecule is O=C(NC1CC(F)(F)C1)[C@@H]1CCC[C@]12CCN(Cc1cccnc1)C2. The van der Waals surface area contributed by atoms with Crippen molar-refractivity contribution in [1.82, 2.24) is 15.2 Å². The molecule has 0 radical (unpaired) electrons. The van der Waals surface area contributed by atoms with E-state index in [0.717, 1.165) is 45.3 Å². The summed E-state index contributed by atoms with van der Waals surface area (Å²) in [5, 5.41) is 2.88. The van der Waals surface area contributed by atoms with Crippen LogP contribution >= 0.6 is 0 Å². The van der Waals surface area contributed by atoms with E-state index in [-0.39, 0.29) is 36.1 Å². The summed E-state index contributed by atoms with van der Waals surface area (Å²) in [6, 6.07) is 3.68. The van der Waals surface area contributed by atoms with Crippen molar-refractivity contribution in [2.45, 2.75) is 57.0 Å². The Hall–Kier alpha value is -1.56. The van der Waals surface area contributed by atoms with E-state index < -0.39 is 5.92 Å². The van der Waals surface area contributed by atoms with Crippen LogP contribution in [0.25, 0.3) is 0 Å². The Kier molecular flexibility index (Phi) is 4.26. The van der Waals surface area contributed by atoms with Crippen molar-refractivity contribution in [1.29, 1.82) is 0 Å². The molecule has 0 bridgehead atoms. The Labute approximate surface area is 147 Å². The molecule has 3 aliphatic rings. The van der Waals surface area contributed by atoms with Crippen LogP contribution in [0.2, 0.25) is 0 Å². The minimum Gasteiger partial charge on any atom is -0.353 e. The zero-order valence-electron chi connectivity index (χ0n) is 14.4. The number of likely N-dealkylation sites (tertiary alicyclic amines) is 1. The van der Waals surface area contributed by atoms with Crippen LogP contribution in [0, 0.1) is 11.3 Å². The molecule has 1 spiro atoms. The number of halogens is 2. The van der Waals surface area contributed by atoms with E-state index in [4.69, 9.17) is 0 Å². The summed E-state index contributed by atoms with van der Waals surface area (Å²) in [6.45, 7) is 2.76. The van der Waals surface area contributed by atoms with Crippen LogP contribution in [-0.2, 0) is 11.3 Å². The second-order valence-electron chi connectivity index (χ2n) is 8.10. The first-order valence-corrected chi connectivity index (χ1v) is 9.25. The Morgan fingerprint density at radius 3 is 2.92 bits per heavy atom. The second-order valence-corrected chi connectivity index (χ2v) is 8.10. The van der Waals surface area contributed by atoms with E-state index in [1.165, 1.54) is 5.56 Å². The Morgan fingerprint density at radius 1 is 1.36 bits per heavy atom. The minimum absolute atomic E-state index is 0.00114. The fourth-order valence-electron chi connectivity index (χ4n) is 4.97. The zero-order chi connectivity index (χ0) is 17.5. The molecule has 4 nitrogen and oxygen atoms in total. The molecule has 2 aliphatic carbocycles. The quantitative estimate of drug-likeness (QED) is 0.909. The van der Waals surface area contributed by atoms with Crippen LogP contribution in [0.1, 0.15) is 44.1 Å². The number of hydrogen-bond acceptors (Lipinski definition) is 3. The van der Waals surface area contributed by atoms with Gasteiger partial charge in [0.2, 0.25) is 5.91 Å². The number of carbonyl (C=O) groups excluding carboxylic acids is 1. The van der Waals surface area contributed by atoms with Gasteiger partial charge in [-0.3, -0.25) is 14.7 Å². The van der Waals surface area contributed by atoms with Gasteiger partial charge in [-0.1, -0.05) is 12.5 Å². The molecule has 25 heavy (non-hydrogen) atoms. The van der Waals surface area contributed by atoms with Gasteiger partial charge in [-0.05, 0) is 42.9 Å². The molecule has 1 aliphatic heterocycles. The van der Waals surface area contributed by atoms with E-state index in [9.17, 15) is 13.6 Å². The number of nitrogens with one attached hydrogen (secondary N) is 1. The standard InChI is InChI=1S/C19H25F2N3O/c20-19(21)9-15(10-19)23-17(25)16-4-1-5-18(16)6-8-24(13-18)12-14-3-2-7-22-11-14/h2-3,7,11,15-16H,1,4-6,8-10,12-13H2,(H,23,25)/t16-,18+/m0/s1. The van der Waals surface area contributed by atoms with E-state index in [1.54, 1.807) is 6.20 Å². The summed E-state index contributed by atoms with van der Waals surface area (Å²) in [4.78, 5) is 19.3. The van der Waals surface area contributed by atoms with E-state index >= 15 is 0 Å². The molecule has 6 heteroatoms. The number of carbonyl (C=O) groups is 1. The zero-order valence-corrected chi connectivity index (χ0v) is 14.4. The molecule has 136 valence electrons. The monoisotopic (exact) mass is 349 g/mol. The molecular weight excluding hydrogens is 324 g/mol. The third-order valence-corrected chi connectivity index (χ3v) is 6.25. The maximum atomic E-state index is 13.0. The van der Waals surface area contributed by atoms with Crippen molar-refractivity contribution in [3.8, 4) is 0 Å². The highest BCUT2D eigenvalue weighted by Gasteiger charge is 2.52. The molecule has 4 rings (SSSR count). The van der Waals surface area contributed by atoms with Gasteiger partial charge in [-0.25, -0.2) is 8.78 Å². The number of hydrogen-bond donors (Lipinski definition) is 1. The number of pyridine rings is 1. The topological polar surface area (TPSA) is 45.2 Å². The first-order chi connectivity index (χ1) is 12.0. The van der Waals surface area contributed by atoms with Crippen molar-refractivity contribution in [3.63, 3.8) is 0 Å². The average Bonchev–Trinajstić information content (AvgIpc) is 3.14. The van der Waals surface area contributed by atoms with Gasteiger partial charge < -0.3 is 5.32 Å². The maximum Gasteiger partial charge on any atom is 0.252 e. The number of alkyl halides is 2. The summed E-state index contributed by atoms with van der Waals surface area (Å²) < 4.78 is 26.0. The lowest BCUT2D eigenvalue weighted by Gasteiger charge is -2.38. The number of nitrogens with zero attached hydrogens (tertiary/aromatic N) is 2. The molecule has 1 aromatic heterocycles. The Bertz CT molecular complexity index is 631. The molecule has 2 saturated carbocycles. The summed E-state index contributed by atoms with van der Waals surface area (Å²) in [5.41, 5.74) is 1.22. The van der Waals surface area contributed by atoms with Crippen LogP contribution in [-0.4, -0.2) is 40.8 Å². The highest BCUT2D eigenvalue weighted by Crippen LogP contribution is 2.50. The van der Waals surface area contributed by atoms with Crippen molar-refractivity contribution in [2.24, 2.45) is 11.3 Å². The van der Waals surface area contributed by atoms with Crippen molar-refractivity contribution < 1.29 is 13.6 Å². The molecule has 3 fully saturated rings. The number of aromatic nitrogens is 1. The van der Waals surface area contributed by atoms with Gasteiger partial charge in [-0.2, -0.15) is 0 Å². The minimum atomic E-state index is -2.58. The van der Waals surface area contributed by atoms with Crippen molar-refractivity contribution >= 4 is 5.91 Å². The van der Waals surface area contributed by atoms with Gasteiger partial charge >= 0.3 is 0 Å². The lowest BCUT2D eigenvalue weighted by Crippen LogP contribution is -2.53. The third-order valence-electron chi connectivity index (χ3n) is 6.25. The average molecular weight is 349 g/mol. The van der Waals surface area contributed by atoms with E-state index in [1.807, 2.05) is 12.3 Å². The van der Waals surface area contributed by atoms with Crippen LogP contribution in [0.5, 0.6) is 0 Å². The lowest BCUT2D eigenvalue weighted by molar-refractivity contribution is -0.135. The highest BCUT2D eigenvalue weighted by atomic mass is 19.3. The van der Waals surface area contributed by atoms with Crippen molar-refractivity contribution in [2.75, 3.05) is 13.1 Å². The molecule has 0 aromatic carbocycles. The molecule has 1 N–H and O–H groups in total. The van der Waals surface area contributed by atoms with E-state index in [2.05, 4.69) is 21.3 Å². The third kappa shape index (κ3) is 3.41. The van der Waals surface area contributed by atoms with Gasteiger partial charge in [0.15, 0.2) is 0 Å². The van der Waals surface area contributed by atoms with Crippen LogP contribution in [0.15, 0.2) is 24.5 Å². The summed E-state index contributed by atoms with van der Waals surface area (Å²) in [6.07, 6.45) is 7.28. The molecule has 1 amide bonds. The van der Waals surface area contributed by atoms with Crippen LogP contribution < -0.4 is 5.32 Å². The summed E-state index contributed by atoms with van der Waals surface area (Å²) >= 11 is 0. The molecule has 2 heterocycles. The summed E-state index contributed by atoms with van der Waals surface area (Å²) in [5.74, 6) is -2.61. The first-order valence-electron chi connectivity index (χ1n) is 9.25. The smallest absolute Gasteiger partial charge is 0.252 e. The van der Waals surface area contributed by atoms with Gasteiger partial charge in [0, 0.05) is 50.3 Å². The molecule has 1 aromatic rings. The molecule has 1 saturated heterocycles. The fourth-order valence-corrected chi connectivity index (χ4v) is 4.97. The molecule has 0 unspecified atom stereocenters. The molecule has 2 atom stereocenters. The Morgan fingerprint density at radius 2 is 2.20 bits per heavy atom. The highest BCUT2D eigenvalue weighted by molar-refractivity contribution is 5.80. The van der Waals surface area contributed by atoms with E-state index in [0.29, 0.717) is 0 Å². The number of amides is 1. The van der Waals surface area contributed by atoms with Crippen LogP contribution in [0.3, 0.4) is 0 Å². The lowest BCUT2D eigenvalue weighted by atomic mass is 9.76. The predicted octanol–water partition coefficient (Wildman–Crippen LogP) is 2.99. The van der Waals surface area contributed by atoms with Crippen LogP contribution in [0.4, 0.5) is 8.78 Å².